The van der Waals surface area contributed by atoms with Crippen LogP contribution in [-0.2, 0) is 9.59 Å². The number of ketones is 2. The zero-order valence-corrected chi connectivity index (χ0v) is 15.1. The standard InChI is InChI=1S/C21H28O4/c1-12(23)21(25)8-6-19-18-9-13(11-22)17-10-14(24)3-4-15(17)16(18)5-7-20(19,21)2/h9-10,15-16,18-19,22,25H,3-8,11H2,1-2H3/t15-,16-,18-,19+,20+,21+/m1/s1. The minimum atomic E-state index is -1.21. The first kappa shape index (κ1) is 17.2. The van der Waals surface area contributed by atoms with Crippen LogP contribution in [-0.4, -0.2) is 34.0 Å². The molecule has 0 radical (unpaired) electrons. The second-order valence-corrected chi connectivity index (χ2v) is 8.82. The molecule has 136 valence electrons. The molecule has 2 N–H and O–H groups in total. The number of hydrogen-bond donors (Lipinski definition) is 2. The summed E-state index contributed by atoms with van der Waals surface area (Å²) in [6.07, 6.45) is 8.60. The second kappa shape index (κ2) is 5.62. The van der Waals surface area contributed by atoms with E-state index in [4.69, 9.17) is 0 Å². The smallest absolute Gasteiger partial charge is 0.161 e. The molecule has 4 aliphatic carbocycles. The Labute approximate surface area is 149 Å². The van der Waals surface area contributed by atoms with Crippen molar-refractivity contribution >= 4 is 11.6 Å². The molecule has 25 heavy (non-hydrogen) atoms. The second-order valence-electron chi connectivity index (χ2n) is 8.82. The fourth-order valence-electron chi connectivity index (χ4n) is 6.58. The molecule has 0 bridgehead atoms. The Kier molecular flexibility index (Phi) is 3.86. The van der Waals surface area contributed by atoms with E-state index in [-0.39, 0.29) is 35.4 Å². The third kappa shape index (κ3) is 2.20. The van der Waals surface area contributed by atoms with Gasteiger partial charge in [-0.3, -0.25) is 9.59 Å². The molecule has 2 fully saturated rings. The molecule has 0 heterocycles. The van der Waals surface area contributed by atoms with Gasteiger partial charge in [0.15, 0.2) is 11.6 Å². The van der Waals surface area contributed by atoms with E-state index in [0.717, 1.165) is 36.8 Å². The lowest BCUT2D eigenvalue weighted by atomic mass is 9.51. The Hall–Kier alpha value is -1.26. The molecule has 0 saturated heterocycles. The summed E-state index contributed by atoms with van der Waals surface area (Å²) in [5.74, 6) is 1.40. The van der Waals surface area contributed by atoms with Crippen molar-refractivity contribution in [1.29, 1.82) is 0 Å². The van der Waals surface area contributed by atoms with Gasteiger partial charge in [0.2, 0.25) is 0 Å². The molecule has 0 amide bonds. The van der Waals surface area contributed by atoms with Crippen LogP contribution < -0.4 is 0 Å². The largest absolute Gasteiger partial charge is 0.392 e. The predicted molar refractivity (Wildman–Crippen MR) is 93.7 cm³/mol. The van der Waals surface area contributed by atoms with E-state index in [0.29, 0.717) is 24.7 Å². The summed E-state index contributed by atoms with van der Waals surface area (Å²) in [6, 6.07) is 0. The normalized spacial score (nSPS) is 45.8. The highest BCUT2D eigenvalue weighted by Crippen LogP contribution is 2.64. The monoisotopic (exact) mass is 344 g/mol. The first-order valence-corrected chi connectivity index (χ1v) is 9.61. The van der Waals surface area contributed by atoms with Crippen molar-refractivity contribution in [2.45, 2.75) is 58.0 Å². The molecular formula is C21H28O4. The van der Waals surface area contributed by atoms with Crippen LogP contribution in [0.4, 0.5) is 0 Å². The first-order chi connectivity index (χ1) is 11.8. The number of aliphatic hydroxyl groups is 2. The molecule has 4 heteroatoms. The quantitative estimate of drug-likeness (QED) is 0.807. The lowest BCUT2D eigenvalue weighted by Crippen LogP contribution is -2.55. The van der Waals surface area contributed by atoms with Crippen LogP contribution in [0.2, 0.25) is 0 Å². The molecule has 4 rings (SSSR count). The van der Waals surface area contributed by atoms with Crippen LogP contribution >= 0.6 is 0 Å². The van der Waals surface area contributed by atoms with E-state index < -0.39 is 5.60 Å². The van der Waals surface area contributed by atoms with E-state index in [1.165, 1.54) is 6.92 Å². The Balaban J connectivity index is 1.77. The Morgan fingerprint density at radius 3 is 2.72 bits per heavy atom. The summed E-state index contributed by atoms with van der Waals surface area (Å²) in [5.41, 5.74) is 0.335. The van der Waals surface area contributed by atoms with Gasteiger partial charge in [-0.25, -0.2) is 0 Å². The van der Waals surface area contributed by atoms with Gasteiger partial charge in [0.1, 0.15) is 5.60 Å². The number of carbonyl (C=O) groups excluding carboxylic acids is 2. The van der Waals surface area contributed by atoms with Gasteiger partial charge in [-0.15, -0.1) is 0 Å². The number of carbonyl (C=O) groups is 2. The Morgan fingerprint density at radius 2 is 2.04 bits per heavy atom. The highest BCUT2D eigenvalue weighted by Gasteiger charge is 2.63. The van der Waals surface area contributed by atoms with E-state index in [9.17, 15) is 19.8 Å². The minimum absolute atomic E-state index is 0.0424. The fourth-order valence-corrected chi connectivity index (χ4v) is 6.58. The van der Waals surface area contributed by atoms with Gasteiger partial charge >= 0.3 is 0 Å². The average molecular weight is 344 g/mol. The third-order valence-corrected chi connectivity index (χ3v) is 7.99. The van der Waals surface area contributed by atoms with Gasteiger partial charge in [-0.05, 0) is 79.9 Å². The van der Waals surface area contributed by atoms with Crippen molar-refractivity contribution in [1.82, 2.24) is 0 Å². The number of rotatable bonds is 2. The molecule has 4 nitrogen and oxygen atoms in total. The maximum atomic E-state index is 12.2. The number of allylic oxidation sites excluding steroid dienone is 2. The lowest BCUT2D eigenvalue weighted by Gasteiger charge is -2.54. The first-order valence-electron chi connectivity index (χ1n) is 9.61. The molecule has 0 unspecified atom stereocenters. The van der Waals surface area contributed by atoms with Crippen LogP contribution in [0.15, 0.2) is 23.3 Å². The lowest BCUT2D eigenvalue weighted by molar-refractivity contribution is -0.155. The minimum Gasteiger partial charge on any atom is -0.392 e. The number of aliphatic hydroxyl groups excluding tert-OH is 1. The summed E-state index contributed by atoms with van der Waals surface area (Å²) in [6.45, 7) is 3.56. The van der Waals surface area contributed by atoms with Gasteiger partial charge in [0.05, 0.1) is 6.61 Å². The maximum Gasteiger partial charge on any atom is 0.161 e. The summed E-state index contributed by atoms with van der Waals surface area (Å²) in [7, 11) is 0. The topological polar surface area (TPSA) is 74.6 Å². The van der Waals surface area contributed by atoms with Gasteiger partial charge in [-0.2, -0.15) is 0 Å². The molecule has 4 aliphatic rings. The van der Waals surface area contributed by atoms with Crippen LogP contribution in [0.3, 0.4) is 0 Å². The number of hydrogen-bond acceptors (Lipinski definition) is 4. The highest BCUT2D eigenvalue weighted by molar-refractivity contribution is 5.92. The third-order valence-electron chi connectivity index (χ3n) is 7.99. The van der Waals surface area contributed by atoms with E-state index in [2.05, 4.69) is 13.0 Å². The summed E-state index contributed by atoms with van der Waals surface area (Å²) in [4.78, 5) is 24.1. The van der Waals surface area contributed by atoms with Crippen molar-refractivity contribution in [2.75, 3.05) is 6.61 Å². The van der Waals surface area contributed by atoms with E-state index in [1.54, 1.807) is 6.08 Å². The maximum absolute atomic E-state index is 12.2. The van der Waals surface area contributed by atoms with Crippen LogP contribution in [0.5, 0.6) is 0 Å². The summed E-state index contributed by atoms with van der Waals surface area (Å²) in [5, 5.41) is 21.0. The zero-order chi connectivity index (χ0) is 18.0. The molecular weight excluding hydrogens is 316 g/mol. The molecule has 0 spiro atoms. The molecule has 2 saturated carbocycles. The predicted octanol–water partition coefficient (Wildman–Crippen LogP) is 2.59. The van der Waals surface area contributed by atoms with Crippen molar-refractivity contribution in [3.8, 4) is 0 Å². The average Bonchev–Trinajstić information content (AvgIpc) is 2.86. The molecule has 0 aromatic rings. The van der Waals surface area contributed by atoms with E-state index in [1.807, 2.05) is 0 Å². The fraction of sp³-hybridized carbons (Fsp3) is 0.714. The van der Waals surface area contributed by atoms with E-state index >= 15 is 0 Å². The summed E-state index contributed by atoms with van der Waals surface area (Å²) >= 11 is 0. The van der Waals surface area contributed by atoms with Crippen molar-refractivity contribution in [3.63, 3.8) is 0 Å². The molecule has 0 aromatic carbocycles. The van der Waals surface area contributed by atoms with Crippen LogP contribution in [0, 0.1) is 29.1 Å². The molecule has 0 aromatic heterocycles. The highest BCUT2D eigenvalue weighted by atomic mass is 16.3. The SMILES string of the molecule is CC(=O)[C@@]1(O)CC[C@H]2[C@@H]3C=C(CO)C4=CC(=O)CC[C@@H]4[C@H]3CC[C@@]21C. The van der Waals surface area contributed by atoms with Crippen molar-refractivity contribution in [3.05, 3.63) is 23.3 Å². The Bertz CT molecular complexity index is 690. The summed E-state index contributed by atoms with van der Waals surface area (Å²) < 4.78 is 0. The van der Waals surface area contributed by atoms with Crippen molar-refractivity contribution < 1.29 is 19.8 Å². The van der Waals surface area contributed by atoms with Gasteiger partial charge < -0.3 is 10.2 Å². The zero-order valence-electron chi connectivity index (χ0n) is 15.1. The van der Waals surface area contributed by atoms with Crippen LogP contribution in [0.25, 0.3) is 0 Å². The van der Waals surface area contributed by atoms with Crippen molar-refractivity contribution in [2.24, 2.45) is 29.1 Å². The number of fused-ring (bicyclic) bond motifs is 5. The Morgan fingerprint density at radius 1 is 1.28 bits per heavy atom. The molecule has 6 atom stereocenters. The van der Waals surface area contributed by atoms with Gasteiger partial charge in [-0.1, -0.05) is 13.0 Å². The van der Waals surface area contributed by atoms with Gasteiger partial charge in [0.25, 0.3) is 0 Å². The van der Waals surface area contributed by atoms with Crippen LogP contribution in [0.1, 0.15) is 52.4 Å². The van der Waals surface area contributed by atoms with Gasteiger partial charge in [0, 0.05) is 11.8 Å². The molecule has 0 aliphatic heterocycles. The number of Topliss-reactive ketones (excluding diaryl/α,β-unsaturated/α-hetero) is 1.